The van der Waals surface area contributed by atoms with Crippen LogP contribution in [-0.4, -0.2) is 36.1 Å². The summed E-state index contributed by atoms with van der Waals surface area (Å²) in [5, 5.41) is 4.36. The van der Waals surface area contributed by atoms with Crippen LogP contribution in [0.25, 0.3) is 10.2 Å². The van der Waals surface area contributed by atoms with Gasteiger partial charge in [0, 0.05) is 18.7 Å². The van der Waals surface area contributed by atoms with Gasteiger partial charge in [0.1, 0.15) is 5.82 Å². The number of rotatable bonds is 2. The predicted octanol–water partition coefficient (Wildman–Crippen LogP) is 2.94. The zero-order valence-electron chi connectivity index (χ0n) is 10.3. The van der Waals surface area contributed by atoms with Crippen molar-refractivity contribution in [1.29, 1.82) is 0 Å². The van der Waals surface area contributed by atoms with E-state index < -0.39 is 0 Å². The van der Waals surface area contributed by atoms with Gasteiger partial charge in [-0.15, -0.1) is 0 Å². The summed E-state index contributed by atoms with van der Waals surface area (Å²) < 4.78 is 14.1. The number of hydrogen-bond donors (Lipinski definition) is 1. The second-order valence-corrected chi connectivity index (χ2v) is 5.91. The predicted molar refractivity (Wildman–Crippen MR) is 73.7 cm³/mol. The van der Waals surface area contributed by atoms with E-state index in [0.29, 0.717) is 6.04 Å². The molecule has 96 valence electrons. The Morgan fingerprint density at radius 2 is 2.39 bits per heavy atom. The van der Waals surface area contributed by atoms with Crippen molar-refractivity contribution < 1.29 is 4.39 Å². The zero-order valence-corrected chi connectivity index (χ0v) is 11.1. The van der Waals surface area contributed by atoms with Crippen LogP contribution < -0.4 is 5.32 Å². The van der Waals surface area contributed by atoms with Crippen molar-refractivity contribution in [3.05, 3.63) is 24.0 Å². The number of fused-ring (bicyclic) bond motifs is 1. The summed E-state index contributed by atoms with van der Waals surface area (Å²) in [6, 6.07) is 5.22. The van der Waals surface area contributed by atoms with E-state index in [1.165, 1.54) is 31.5 Å². The number of nitrogens with one attached hydrogen (secondary N) is 1. The zero-order chi connectivity index (χ0) is 12.5. The summed E-state index contributed by atoms with van der Waals surface area (Å²) in [5.41, 5.74) is 0.742. The molecule has 0 radical (unpaired) electrons. The molecule has 1 aliphatic rings. The van der Waals surface area contributed by atoms with Gasteiger partial charge in [0.25, 0.3) is 0 Å². The molecule has 3 nitrogen and oxygen atoms in total. The topological polar surface area (TPSA) is 28.2 Å². The molecule has 0 aliphatic carbocycles. The van der Waals surface area contributed by atoms with Gasteiger partial charge in [0.15, 0.2) is 5.13 Å². The lowest BCUT2D eigenvalue weighted by Crippen LogP contribution is -2.39. The molecular formula is C13H16FN3S. The number of likely N-dealkylation sites (N-methyl/N-ethyl adjacent to an activating group) is 1. The first-order valence-corrected chi connectivity index (χ1v) is 7.03. The smallest absolute Gasteiger partial charge is 0.184 e. The van der Waals surface area contributed by atoms with Crippen LogP contribution in [0.3, 0.4) is 0 Å². The third-order valence-corrected chi connectivity index (χ3v) is 4.27. The van der Waals surface area contributed by atoms with Gasteiger partial charge in [-0.05, 0) is 38.6 Å². The SMILES string of the molecule is CN1CCCC(Nc2nc3cc(F)ccc3s2)C1. The van der Waals surface area contributed by atoms with Crippen molar-refractivity contribution >= 4 is 26.7 Å². The van der Waals surface area contributed by atoms with Crippen LogP contribution in [0.4, 0.5) is 9.52 Å². The number of piperidine rings is 1. The molecule has 0 saturated carbocycles. The van der Waals surface area contributed by atoms with E-state index in [4.69, 9.17) is 0 Å². The van der Waals surface area contributed by atoms with Crippen molar-refractivity contribution in [3.63, 3.8) is 0 Å². The Labute approximate surface area is 110 Å². The molecule has 1 aromatic carbocycles. The second kappa shape index (κ2) is 4.82. The third kappa shape index (κ3) is 2.47. The van der Waals surface area contributed by atoms with Crippen molar-refractivity contribution in [1.82, 2.24) is 9.88 Å². The highest BCUT2D eigenvalue weighted by molar-refractivity contribution is 7.22. The molecule has 0 amide bonds. The Morgan fingerprint density at radius 1 is 1.50 bits per heavy atom. The van der Waals surface area contributed by atoms with Crippen molar-refractivity contribution in [3.8, 4) is 0 Å². The number of aromatic nitrogens is 1. The van der Waals surface area contributed by atoms with E-state index in [-0.39, 0.29) is 5.82 Å². The molecule has 1 aromatic heterocycles. The monoisotopic (exact) mass is 265 g/mol. The van der Waals surface area contributed by atoms with Crippen LogP contribution in [0.1, 0.15) is 12.8 Å². The number of halogens is 1. The average Bonchev–Trinajstić information content (AvgIpc) is 2.70. The highest BCUT2D eigenvalue weighted by Crippen LogP contribution is 2.27. The molecule has 0 bridgehead atoms. The number of benzene rings is 1. The molecule has 2 aromatic rings. The van der Waals surface area contributed by atoms with Crippen molar-refractivity contribution in [2.75, 3.05) is 25.5 Å². The Balaban J connectivity index is 1.78. The van der Waals surface area contributed by atoms with Crippen LogP contribution in [-0.2, 0) is 0 Å². The minimum atomic E-state index is -0.225. The fourth-order valence-corrected chi connectivity index (χ4v) is 3.34. The van der Waals surface area contributed by atoms with Crippen LogP contribution in [0.2, 0.25) is 0 Å². The number of hydrogen-bond acceptors (Lipinski definition) is 4. The molecule has 1 atom stereocenters. The average molecular weight is 265 g/mol. The third-order valence-electron chi connectivity index (χ3n) is 3.30. The Bertz CT molecular complexity index is 554. The van der Waals surface area contributed by atoms with E-state index in [9.17, 15) is 4.39 Å². The maximum absolute atomic E-state index is 13.1. The number of likely N-dealkylation sites (tertiary alicyclic amines) is 1. The number of nitrogens with zero attached hydrogens (tertiary/aromatic N) is 2. The maximum Gasteiger partial charge on any atom is 0.184 e. The summed E-state index contributed by atoms with van der Waals surface area (Å²) in [5.74, 6) is -0.225. The minimum Gasteiger partial charge on any atom is -0.357 e. The van der Waals surface area contributed by atoms with Gasteiger partial charge in [-0.2, -0.15) is 0 Å². The first kappa shape index (κ1) is 11.9. The molecule has 1 fully saturated rings. The highest BCUT2D eigenvalue weighted by Gasteiger charge is 2.18. The van der Waals surface area contributed by atoms with Crippen LogP contribution in [0, 0.1) is 5.82 Å². The van der Waals surface area contributed by atoms with Gasteiger partial charge in [0.2, 0.25) is 0 Å². The van der Waals surface area contributed by atoms with E-state index >= 15 is 0 Å². The molecular weight excluding hydrogens is 249 g/mol. The van der Waals surface area contributed by atoms with Crippen molar-refractivity contribution in [2.24, 2.45) is 0 Å². The standard InChI is InChI=1S/C13H16FN3S/c1-17-6-2-3-10(8-17)15-13-16-11-7-9(14)4-5-12(11)18-13/h4-5,7,10H,2-3,6,8H2,1H3,(H,15,16). The van der Waals surface area contributed by atoms with Crippen LogP contribution in [0.5, 0.6) is 0 Å². The fraction of sp³-hybridized carbons (Fsp3) is 0.462. The minimum absolute atomic E-state index is 0.225. The second-order valence-electron chi connectivity index (χ2n) is 4.88. The lowest BCUT2D eigenvalue weighted by molar-refractivity contribution is 0.261. The molecule has 1 N–H and O–H groups in total. The molecule has 0 spiro atoms. The molecule has 2 heterocycles. The largest absolute Gasteiger partial charge is 0.357 e. The summed E-state index contributed by atoms with van der Waals surface area (Å²) in [4.78, 5) is 6.77. The molecule has 1 aliphatic heterocycles. The van der Waals surface area contributed by atoms with Gasteiger partial charge in [-0.1, -0.05) is 11.3 Å². The number of thiazole rings is 1. The molecule has 1 saturated heterocycles. The Kier molecular flexibility index (Phi) is 3.18. The van der Waals surface area contributed by atoms with Gasteiger partial charge in [-0.25, -0.2) is 9.37 Å². The molecule has 18 heavy (non-hydrogen) atoms. The van der Waals surface area contributed by atoms with Crippen LogP contribution >= 0.6 is 11.3 Å². The van der Waals surface area contributed by atoms with Gasteiger partial charge < -0.3 is 10.2 Å². The van der Waals surface area contributed by atoms with E-state index in [1.54, 1.807) is 17.4 Å². The van der Waals surface area contributed by atoms with Crippen LogP contribution in [0.15, 0.2) is 18.2 Å². The van der Waals surface area contributed by atoms with Gasteiger partial charge in [0.05, 0.1) is 10.2 Å². The lowest BCUT2D eigenvalue weighted by Gasteiger charge is -2.29. The highest BCUT2D eigenvalue weighted by atomic mass is 32.1. The lowest BCUT2D eigenvalue weighted by atomic mass is 10.1. The summed E-state index contributed by atoms with van der Waals surface area (Å²) in [6.45, 7) is 2.22. The van der Waals surface area contributed by atoms with Gasteiger partial charge in [-0.3, -0.25) is 0 Å². The Hall–Kier alpha value is -1.20. The maximum atomic E-state index is 13.1. The molecule has 5 heteroatoms. The molecule has 3 rings (SSSR count). The quantitative estimate of drug-likeness (QED) is 0.905. The van der Waals surface area contributed by atoms with E-state index in [2.05, 4.69) is 22.2 Å². The Morgan fingerprint density at radius 3 is 3.22 bits per heavy atom. The first-order valence-electron chi connectivity index (χ1n) is 6.22. The van der Waals surface area contributed by atoms with E-state index in [0.717, 1.165) is 21.9 Å². The molecule has 1 unspecified atom stereocenters. The summed E-state index contributed by atoms with van der Waals surface area (Å²) in [7, 11) is 2.14. The summed E-state index contributed by atoms with van der Waals surface area (Å²) in [6.07, 6.45) is 2.39. The van der Waals surface area contributed by atoms with Gasteiger partial charge >= 0.3 is 0 Å². The first-order chi connectivity index (χ1) is 8.70. The normalized spacial score (nSPS) is 21.3. The fourth-order valence-electron chi connectivity index (χ4n) is 2.42. The van der Waals surface area contributed by atoms with Crippen molar-refractivity contribution in [2.45, 2.75) is 18.9 Å². The number of anilines is 1. The summed E-state index contributed by atoms with van der Waals surface area (Å²) >= 11 is 1.59. The van der Waals surface area contributed by atoms with E-state index in [1.807, 2.05) is 0 Å².